The van der Waals surface area contributed by atoms with Crippen LogP contribution in [0.4, 0.5) is 5.69 Å². The molecule has 0 radical (unpaired) electrons. The fourth-order valence-corrected chi connectivity index (χ4v) is 0.951. The summed E-state index contributed by atoms with van der Waals surface area (Å²) in [5, 5.41) is 12.2. The highest BCUT2D eigenvalue weighted by Gasteiger charge is 2.07. The molecule has 0 aliphatic carbocycles. The van der Waals surface area contributed by atoms with Gasteiger partial charge in [0.25, 0.3) is 5.91 Å². The molecule has 0 aliphatic rings. The van der Waals surface area contributed by atoms with Crippen LogP contribution < -0.4 is 16.2 Å². The number of nitrogen functional groups attached to an aromatic ring is 1. The molecule has 1 aromatic carbocycles. The summed E-state index contributed by atoms with van der Waals surface area (Å²) in [6.07, 6.45) is 0. The van der Waals surface area contributed by atoms with Gasteiger partial charge in [0.2, 0.25) is 0 Å². The maximum absolute atomic E-state index is 11.3. The van der Waals surface area contributed by atoms with E-state index >= 15 is 0 Å². The monoisotopic (exact) mass is 193 g/mol. The number of anilines is 1. The van der Waals surface area contributed by atoms with Gasteiger partial charge in [-0.1, -0.05) is 12.1 Å². The third kappa shape index (κ3) is 2.48. The predicted octanol–water partition coefficient (Wildman–Crippen LogP) is -1.25. The molecule has 74 valence electrons. The van der Waals surface area contributed by atoms with Crippen molar-refractivity contribution in [2.24, 2.45) is 0 Å². The van der Waals surface area contributed by atoms with Gasteiger partial charge < -0.3 is 21.0 Å². The van der Waals surface area contributed by atoms with E-state index in [0.717, 1.165) is 0 Å². The molecule has 0 saturated heterocycles. The van der Waals surface area contributed by atoms with Gasteiger partial charge in [-0.15, -0.1) is 0 Å². The van der Waals surface area contributed by atoms with Crippen molar-refractivity contribution in [1.29, 1.82) is 0 Å². The second-order valence-electron chi connectivity index (χ2n) is 2.64. The molecule has 5 nitrogen and oxygen atoms in total. The summed E-state index contributed by atoms with van der Waals surface area (Å²) in [6, 6.07) is 6.41. The van der Waals surface area contributed by atoms with E-state index in [1.54, 1.807) is 18.2 Å². The molecular weight excluding hydrogens is 184 g/mol. The minimum atomic E-state index is -1.34. The summed E-state index contributed by atoms with van der Waals surface area (Å²) in [5.41, 5.74) is 6.07. The number of carboxylic acid groups (broad SMARTS) is 1. The molecule has 1 amide bonds. The summed E-state index contributed by atoms with van der Waals surface area (Å²) in [6.45, 7) is -0.521. The Hall–Kier alpha value is -2.04. The Balaban J connectivity index is 2.70. The summed E-state index contributed by atoms with van der Waals surface area (Å²) in [7, 11) is 0. The predicted molar refractivity (Wildman–Crippen MR) is 48.2 cm³/mol. The van der Waals surface area contributed by atoms with Crippen molar-refractivity contribution in [1.82, 2.24) is 5.32 Å². The lowest BCUT2D eigenvalue weighted by atomic mass is 10.2. The molecule has 0 atom stereocenters. The lowest BCUT2D eigenvalue weighted by Crippen LogP contribution is -2.37. The van der Waals surface area contributed by atoms with E-state index in [4.69, 9.17) is 5.73 Å². The minimum Gasteiger partial charge on any atom is -0.548 e. The Morgan fingerprint density at radius 2 is 2.00 bits per heavy atom. The molecule has 1 rings (SSSR count). The van der Waals surface area contributed by atoms with Gasteiger partial charge in [-0.25, -0.2) is 0 Å². The minimum absolute atomic E-state index is 0.258. The number of aliphatic carboxylic acids is 1. The van der Waals surface area contributed by atoms with Crippen LogP contribution in [0, 0.1) is 0 Å². The first-order valence-corrected chi connectivity index (χ1v) is 3.94. The van der Waals surface area contributed by atoms with Crippen molar-refractivity contribution in [3.63, 3.8) is 0 Å². The van der Waals surface area contributed by atoms with Gasteiger partial charge >= 0.3 is 0 Å². The smallest absolute Gasteiger partial charge is 0.253 e. The summed E-state index contributed by atoms with van der Waals surface area (Å²) >= 11 is 0. The number of carbonyl (C=O) groups is 2. The highest BCUT2D eigenvalue weighted by Crippen LogP contribution is 2.09. The number of carbonyl (C=O) groups excluding carboxylic acids is 2. The zero-order valence-electron chi connectivity index (χ0n) is 7.32. The molecule has 5 heteroatoms. The first kappa shape index (κ1) is 10.0. The molecule has 0 heterocycles. The highest BCUT2D eigenvalue weighted by molar-refractivity contribution is 6.00. The van der Waals surface area contributed by atoms with Crippen LogP contribution >= 0.6 is 0 Å². The number of hydrogen-bond acceptors (Lipinski definition) is 4. The van der Waals surface area contributed by atoms with E-state index in [9.17, 15) is 14.7 Å². The van der Waals surface area contributed by atoms with Gasteiger partial charge in [-0.2, -0.15) is 0 Å². The van der Waals surface area contributed by atoms with Crippen molar-refractivity contribution in [2.45, 2.75) is 0 Å². The topological polar surface area (TPSA) is 95.2 Å². The summed E-state index contributed by atoms with van der Waals surface area (Å²) < 4.78 is 0. The lowest BCUT2D eigenvalue weighted by Gasteiger charge is -2.07. The average Bonchev–Trinajstić information content (AvgIpc) is 2.15. The Kier molecular flexibility index (Phi) is 3.06. The molecule has 0 saturated carbocycles. The van der Waals surface area contributed by atoms with Gasteiger partial charge in [0.05, 0.1) is 18.1 Å². The van der Waals surface area contributed by atoms with E-state index < -0.39 is 18.4 Å². The number of rotatable bonds is 3. The van der Waals surface area contributed by atoms with E-state index in [2.05, 4.69) is 5.32 Å². The van der Waals surface area contributed by atoms with Crippen molar-refractivity contribution in [3.8, 4) is 0 Å². The zero-order valence-corrected chi connectivity index (χ0v) is 7.32. The number of carboxylic acids is 1. The molecule has 1 aromatic rings. The Labute approximate surface area is 80.5 Å². The maximum Gasteiger partial charge on any atom is 0.253 e. The highest BCUT2D eigenvalue weighted by atomic mass is 16.4. The Bertz CT molecular complexity index is 363. The Morgan fingerprint density at radius 3 is 2.57 bits per heavy atom. The first-order valence-electron chi connectivity index (χ1n) is 3.94. The number of nitrogens with two attached hydrogens (primary N) is 1. The maximum atomic E-state index is 11.3. The van der Waals surface area contributed by atoms with Crippen molar-refractivity contribution in [3.05, 3.63) is 29.8 Å². The molecule has 0 aromatic heterocycles. The SMILES string of the molecule is Nc1ccccc1C(=O)NCC(=O)[O-]. The van der Waals surface area contributed by atoms with Crippen molar-refractivity contribution < 1.29 is 14.7 Å². The molecule has 14 heavy (non-hydrogen) atoms. The van der Waals surface area contributed by atoms with Crippen LogP contribution in [-0.2, 0) is 4.79 Å². The van der Waals surface area contributed by atoms with E-state index in [1.807, 2.05) is 0 Å². The molecule has 0 spiro atoms. The molecule has 0 unspecified atom stereocenters. The average molecular weight is 193 g/mol. The largest absolute Gasteiger partial charge is 0.548 e. The van der Waals surface area contributed by atoms with Crippen LogP contribution in [0.1, 0.15) is 10.4 Å². The quantitative estimate of drug-likeness (QED) is 0.586. The normalized spacial score (nSPS) is 9.43. The third-order valence-electron chi connectivity index (χ3n) is 1.60. The van der Waals surface area contributed by atoms with Crippen LogP contribution in [0.3, 0.4) is 0 Å². The molecule has 0 fully saturated rings. The fourth-order valence-electron chi connectivity index (χ4n) is 0.951. The van der Waals surface area contributed by atoms with E-state index in [-0.39, 0.29) is 5.56 Å². The Morgan fingerprint density at radius 1 is 1.36 bits per heavy atom. The van der Waals surface area contributed by atoms with Crippen LogP contribution in [0.15, 0.2) is 24.3 Å². The standard InChI is InChI=1S/C9H10N2O3/c10-7-4-2-1-3-6(7)9(14)11-5-8(12)13/h1-4H,5,10H2,(H,11,14)(H,12,13)/p-1. The van der Waals surface area contributed by atoms with Crippen LogP contribution in [0.5, 0.6) is 0 Å². The number of para-hydroxylation sites is 1. The van der Waals surface area contributed by atoms with Crippen LogP contribution in [0.25, 0.3) is 0 Å². The molecular formula is C9H9N2O3-. The second-order valence-corrected chi connectivity index (χ2v) is 2.64. The van der Waals surface area contributed by atoms with Crippen LogP contribution in [0.2, 0.25) is 0 Å². The van der Waals surface area contributed by atoms with Gasteiger partial charge in [0.15, 0.2) is 0 Å². The number of nitrogens with one attached hydrogen (secondary N) is 1. The summed E-state index contributed by atoms with van der Waals surface area (Å²) in [4.78, 5) is 21.4. The van der Waals surface area contributed by atoms with Gasteiger partial charge in [-0.05, 0) is 12.1 Å². The molecule has 3 N–H and O–H groups in total. The fraction of sp³-hybridized carbons (Fsp3) is 0.111. The first-order chi connectivity index (χ1) is 6.61. The molecule has 0 aliphatic heterocycles. The number of hydrogen-bond donors (Lipinski definition) is 2. The van der Waals surface area contributed by atoms with Crippen molar-refractivity contribution in [2.75, 3.05) is 12.3 Å². The van der Waals surface area contributed by atoms with E-state index in [1.165, 1.54) is 6.07 Å². The van der Waals surface area contributed by atoms with Gasteiger partial charge in [-0.3, -0.25) is 4.79 Å². The van der Waals surface area contributed by atoms with Gasteiger partial charge in [0.1, 0.15) is 0 Å². The van der Waals surface area contributed by atoms with Crippen LogP contribution in [-0.4, -0.2) is 18.4 Å². The number of amides is 1. The summed E-state index contributed by atoms with van der Waals surface area (Å²) in [5.74, 6) is -1.86. The van der Waals surface area contributed by atoms with Crippen molar-refractivity contribution >= 4 is 17.6 Å². The van der Waals surface area contributed by atoms with Gasteiger partial charge in [0, 0.05) is 5.69 Å². The van der Waals surface area contributed by atoms with E-state index in [0.29, 0.717) is 5.69 Å². The third-order valence-corrected chi connectivity index (χ3v) is 1.60. The second kappa shape index (κ2) is 4.27. The lowest BCUT2D eigenvalue weighted by molar-refractivity contribution is -0.303. The zero-order chi connectivity index (χ0) is 10.6. The number of benzene rings is 1. The molecule has 0 bridgehead atoms.